The van der Waals surface area contributed by atoms with Gasteiger partial charge < -0.3 is 15.5 Å². The lowest BCUT2D eigenvalue weighted by atomic mass is 10.0. The molecule has 88 valence electrons. The summed E-state index contributed by atoms with van der Waals surface area (Å²) >= 11 is 0. The Hall–Kier alpha value is -0.770. The molecule has 2 amide bonds. The fraction of sp³-hybridized carbons (Fsp3) is 0.909. The maximum atomic E-state index is 11.6. The molecule has 1 saturated heterocycles. The van der Waals surface area contributed by atoms with Crippen LogP contribution in [0.3, 0.4) is 0 Å². The second kappa shape index (κ2) is 6.67. The van der Waals surface area contributed by atoms with Crippen LogP contribution in [0.4, 0.5) is 4.79 Å². The minimum absolute atomic E-state index is 0.0624. The number of hydrogen-bond acceptors (Lipinski definition) is 2. The van der Waals surface area contributed by atoms with Crippen LogP contribution in [0.5, 0.6) is 0 Å². The number of amides is 2. The molecule has 1 heterocycles. The lowest BCUT2D eigenvalue weighted by Crippen LogP contribution is -2.48. The molecule has 15 heavy (non-hydrogen) atoms. The highest BCUT2D eigenvalue weighted by Crippen LogP contribution is 2.08. The first-order valence-corrected chi connectivity index (χ1v) is 6.04. The number of urea groups is 1. The van der Waals surface area contributed by atoms with Gasteiger partial charge in [-0.15, -0.1) is 0 Å². The van der Waals surface area contributed by atoms with E-state index in [0.717, 1.165) is 19.6 Å². The highest BCUT2D eigenvalue weighted by atomic mass is 16.2. The summed E-state index contributed by atoms with van der Waals surface area (Å²) in [6.45, 7) is 7.39. The molecule has 1 fully saturated rings. The molecular weight excluding hydrogens is 190 g/mol. The van der Waals surface area contributed by atoms with Crippen molar-refractivity contribution in [3.8, 4) is 0 Å². The Morgan fingerprint density at radius 3 is 2.80 bits per heavy atom. The van der Waals surface area contributed by atoms with Crippen LogP contribution in [0.2, 0.25) is 0 Å². The largest absolute Gasteiger partial charge is 0.338 e. The Bertz CT molecular complexity index is 190. The molecular formula is C11H23N3O. The summed E-state index contributed by atoms with van der Waals surface area (Å²) in [5.41, 5.74) is 0. The van der Waals surface area contributed by atoms with Gasteiger partial charge in [-0.1, -0.05) is 6.42 Å². The summed E-state index contributed by atoms with van der Waals surface area (Å²) in [7, 11) is 0. The van der Waals surface area contributed by atoms with Crippen molar-refractivity contribution in [2.75, 3.05) is 26.2 Å². The Morgan fingerprint density at radius 2 is 2.27 bits per heavy atom. The van der Waals surface area contributed by atoms with E-state index in [-0.39, 0.29) is 6.03 Å². The molecule has 2 N–H and O–H groups in total. The van der Waals surface area contributed by atoms with E-state index in [4.69, 9.17) is 0 Å². The summed E-state index contributed by atoms with van der Waals surface area (Å²) in [5, 5.41) is 6.30. The Balaban J connectivity index is 2.34. The van der Waals surface area contributed by atoms with E-state index in [1.54, 1.807) is 0 Å². The highest BCUT2D eigenvalue weighted by Gasteiger charge is 2.18. The zero-order chi connectivity index (χ0) is 11.1. The summed E-state index contributed by atoms with van der Waals surface area (Å²) in [5.74, 6) is 0. The van der Waals surface area contributed by atoms with Crippen molar-refractivity contribution < 1.29 is 4.79 Å². The van der Waals surface area contributed by atoms with E-state index in [1.165, 1.54) is 19.3 Å². The van der Waals surface area contributed by atoms with Crippen molar-refractivity contribution in [1.29, 1.82) is 0 Å². The van der Waals surface area contributed by atoms with Crippen molar-refractivity contribution in [2.45, 2.75) is 39.2 Å². The van der Waals surface area contributed by atoms with Crippen molar-refractivity contribution in [3.05, 3.63) is 0 Å². The van der Waals surface area contributed by atoms with E-state index in [0.29, 0.717) is 12.6 Å². The first kappa shape index (κ1) is 12.3. The van der Waals surface area contributed by atoms with Gasteiger partial charge in [-0.25, -0.2) is 4.79 Å². The molecule has 1 unspecified atom stereocenters. The minimum Gasteiger partial charge on any atom is -0.338 e. The van der Waals surface area contributed by atoms with Crippen molar-refractivity contribution >= 4 is 6.03 Å². The number of nitrogens with one attached hydrogen (secondary N) is 2. The molecule has 4 nitrogen and oxygen atoms in total. The third kappa shape index (κ3) is 4.08. The van der Waals surface area contributed by atoms with Gasteiger partial charge in [-0.05, 0) is 33.2 Å². The van der Waals surface area contributed by atoms with Gasteiger partial charge in [0.2, 0.25) is 0 Å². The molecule has 4 heteroatoms. The molecule has 1 aliphatic rings. The standard InChI is InChI=1S/C11H23N3O/c1-3-12-11(15)14(4-2)9-10-7-5-6-8-13-10/h10,13H,3-9H2,1-2H3,(H,12,15). The van der Waals surface area contributed by atoms with Crippen LogP contribution in [0.15, 0.2) is 0 Å². The number of carbonyl (C=O) groups is 1. The number of nitrogens with zero attached hydrogens (tertiary/aromatic N) is 1. The normalized spacial score (nSPS) is 21.1. The van der Waals surface area contributed by atoms with Crippen LogP contribution < -0.4 is 10.6 Å². The Labute approximate surface area is 92.4 Å². The lowest BCUT2D eigenvalue weighted by Gasteiger charge is -2.29. The second-order valence-electron chi connectivity index (χ2n) is 4.02. The smallest absolute Gasteiger partial charge is 0.317 e. The van der Waals surface area contributed by atoms with Gasteiger partial charge >= 0.3 is 6.03 Å². The van der Waals surface area contributed by atoms with Crippen molar-refractivity contribution in [2.24, 2.45) is 0 Å². The second-order valence-corrected chi connectivity index (χ2v) is 4.02. The fourth-order valence-electron chi connectivity index (χ4n) is 1.96. The molecule has 0 bridgehead atoms. The van der Waals surface area contributed by atoms with Gasteiger partial charge in [0.05, 0.1) is 0 Å². The lowest BCUT2D eigenvalue weighted by molar-refractivity contribution is 0.190. The third-order valence-corrected chi connectivity index (χ3v) is 2.85. The molecule has 0 saturated carbocycles. The van der Waals surface area contributed by atoms with Gasteiger partial charge in [-0.3, -0.25) is 0 Å². The molecule has 1 atom stereocenters. The molecule has 0 aromatic carbocycles. The van der Waals surface area contributed by atoms with E-state index in [9.17, 15) is 4.79 Å². The fourth-order valence-corrected chi connectivity index (χ4v) is 1.96. The Kier molecular flexibility index (Phi) is 5.47. The average molecular weight is 213 g/mol. The monoisotopic (exact) mass is 213 g/mol. The van der Waals surface area contributed by atoms with Crippen LogP contribution in [0.25, 0.3) is 0 Å². The quantitative estimate of drug-likeness (QED) is 0.736. The van der Waals surface area contributed by atoms with E-state index in [1.807, 2.05) is 18.7 Å². The number of carbonyl (C=O) groups excluding carboxylic acids is 1. The van der Waals surface area contributed by atoms with Crippen LogP contribution in [-0.4, -0.2) is 43.2 Å². The molecule has 0 aliphatic carbocycles. The van der Waals surface area contributed by atoms with E-state index in [2.05, 4.69) is 10.6 Å². The van der Waals surface area contributed by atoms with Gasteiger partial charge in [0, 0.05) is 25.7 Å². The molecule has 1 aliphatic heterocycles. The molecule has 0 aromatic heterocycles. The third-order valence-electron chi connectivity index (χ3n) is 2.85. The molecule has 0 aromatic rings. The molecule has 0 radical (unpaired) electrons. The van der Waals surface area contributed by atoms with Crippen LogP contribution in [0.1, 0.15) is 33.1 Å². The zero-order valence-electron chi connectivity index (χ0n) is 9.88. The maximum absolute atomic E-state index is 11.6. The number of hydrogen-bond donors (Lipinski definition) is 2. The molecule has 1 rings (SSSR count). The predicted octanol–water partition coefficient (Wildman–Crippen LogP) is 1.18. The highest BCUT2D eigenvalue weighted by molar-refractivity contribution is 5.74. The number of rotatable bonds is 4. The summed E-state index contributed by atoms with van der Waals surface area (Å²) in [6, 6.07) is 0.550. The van der Waals surface area contributed by atoms with Gasteiger partial charge in [0.15, 0.2) is 0 Å². The van der Waals surface area contributed by atoms with Crippen LogP contribution in [0, 0.1) is 0 Å². The number of likely N-dealkylation sites (N-methyl/N-ethyl adjacent to an activating group) is 1. The first-order chi connectivity index (χ1) is 7.27. The van der Waals surface area contributed by atoms with Crippen LogP contribution in [-0.2, 0) is 0 Å². The first-order valence-electron chi connectivity index (χ1n) is 6.04. The van der Waals surface area contributed by atoms with Crippen LogP contribution >= 0.6 is 0 Å². The zero-order valence-corrected chi connectivity index (χ0v) is 9.88. The number of piperidine rings is 1. The minimum atomic E-state index is 0.0624. The summed E-state index contributed by atoms with van der Waals surface area (Å²) in [4.78, 5) is 13.5. The summed E-state index contributed by atoms with van der Waals surface area (Å²) < 4.78 is 0. The molecule has 0 spiro atoms. The summed E-state index contributed by atoms with van der Waals surface area (Å²) in [6.07, 6.45) is 3.74. The van der Waals surface area contributed by atoms with Crippen molar-refractivity contribution in [1.82, 2.24) is 15.5 Å². The van der Waals surface area contributed by atoms with Crippen molar-refractivity contribution in [3.63, 3.8) is 0 Å². The van der Waals surface area contributed by atoms with Gasteiger partial charge in [-0.2, -0.15) is 0 Å². The average Bonchev–Trinajstić information content (AvgIpc) is 2.27. The topological polar surface area (TPSA) is 44.4 Å². The predicted molar refractivity (Wildman–Crippen MR) is 62.0 cm³/mol. The Morgan fingerprint density at radius 1 is 1.47 bits per heavy atom. The van der Waals surface area contributed by atoms with Gasteiger partial charge in [0.1, 0.15) is 0 Å². The maximum Gasteiger partial charge on any atom is 0.317 e. The van der Waals surface area contributed by atoms with Gasteiger partial charge in [0.25, 0.3) is 0 Å². The van der Waals surface area contributed by atoms with E-state index < -0.39 is 0 Å². The SMILES string of the molecule is CCNC(=O)N(CC)CC1CCCCN1. The van der Waals surface area contributed by atoms with E-state index >= 15 is 0 Å².